The molecule has 0 saturated carbocycles. The molecule has 0 bridgehead atoms. The van der Waals surface area contributed by atoms with Gasteiger partial charge >= 0.3 is 0 Å². The third kappa shape index (κ3) is 3.14. The number of nitrogens with one attached hydrogen (secondary N) is 1. The maximum absolute atomic E-state index is 12.1. The Labute approximate surface area is 119 Å². The van der Waals surface area contributed by atoms with Gasteiger partial charge in [-0.1, -0.05) is 0 Å². The van der Waals surface area contributed by atoms with E-state index in [1.165, 1.54) is 0 Å². The Kier molecular flexibility index (Phi) is 4.21. The molecular formula is C13H14BrN3O2. The van der Waals surface area contributed by atoms with Crippen molar-refractivity contribution in [3.63, 3.8) is 0 Å². The van der Waals surface area contributed by atoms with Crippen LogP contribution in [0.3, 0.4) is 0 Å². The highest BCUT2D eigenvalue weighted by molar-refractivity contribution is 9.10. The van der Waals surface area contributed by atoms with Crippen molar-refractivity contribution in [2.75, 3.05) is 12.4 Å². The zero-order chi connectivity index (χ0) is 13.8. The molecular weight excluding hydrogens is 310 g/mol. The lowest BCUT2D eigenvalue weighted by molar-refractivity contribution is -0.119. The monoisotopic (exact) mass is 323 g/mol. The number of benzene rings is 1. The summed E-state index contributed by atoms with van der Waals surface area (Å²) in [6.45, 7) is 1.79. The van der Waals surface area contributed by atoms with Crippen LogP contribution in [0.5, 0.6) is 5.75 Å². The van der Waals surface area contributed by atoms with Gasteiger partial charge in [0.25, 0.3) is 0 Å². The molecule has 1 N–H and O–H groups in total. The van der Waals surface area contributed by atoms with Crippen molar-refractivity contribution in [2.45, 2.75) is 13.0 Å². The van der Waals surface area contributed by atoms with E-state index < -0.39 is 0 Å². The molecule has 0 aliphatic carbocycles. The first-order chi connectivity index (χ1) is 9.11. The fourth-order valence-electron chi connectivity index (χ4n) is 1.59. The second-order valence-electron chi connectivity index (χ2n) is 4.00. The Hall–Kier alpha value is -1.82. The topological polar surface area (TPSA) is 56.1 Å². The first-order valence-electron chi connectivity index (χ1n) is 5.75. The Morgan fingerprint density at radius 3 is 2.95 bits per heavy atom. The minimum Gasteiger partial charge on any atom is -0.497 e. The highest BCUT2D eigenvalue weighted by Crippen LogP contribution is 2.27. The third-order valence-electron chi connectivity index (χ3n) is 2.73. The SMILES string of the molecule is COc1ccc(Br)c(NC(=O)C(C)n2cccn2)c1. The second-order valence-corrected chi connectivity index (χ2v) is 4.85. The number of amides is 1. The van der Waals surface area contributed by atoms with Crippen molar-refractivity contribution >= 4 is 27.5 Å². The minimum absolute atomic E-state index is 0.141. The van der Waals surface area contributed by atoms with Crippen molar-refractivity contribution in [1.29, 1.82) is 0 Å². The van der Waals surface area contributed by atoms with E-state index in [9.17, 15) is 4.79 Å². The Morgan fingerprint density at radius 2 is 2.32 bits per heavy atom. The standard InChI is InChI=1S/C13H14BrN3O2/c1-9(17-7-3-6-15-17)13(18)16-12-8-10(19-2)4-5-11(12)14/h3-9H,1-2H3,(H,16,18). The Balaban J connectivity index is 2.14. The van der Waals surface area contributed by atoms with Gasteiger partial charge in [0, 0.05) is 22.9 Å². The zero-order valence-electron chi connectivity index (χ0n) is 10.6. The van der Waals surface area contributed by atoms with Crippen LogP contribution in [-0.4, -0.2) is 22.8 Å². The number of aromatic nitrogens is 2. The first-order valence-corrected chi connectivity index (χ1v) is 6.54. The van der Waals surface area contributed by atoms with Gasteiger partial charge in [0.15, 0.2) is 0 Å². The lowest BCUT2D eigenvalue weighted by Gasteiger charge is -2.14. The van der Waals surface area contributed by atoms with E-state index in [0.717, 1.165) is 4.47 Å². The van der Waals surface area contributed by atoms with E-state index in [1.807, 2.05) is 12.1 Å². The summed E-state index contributed by atoms with van der Waals surface area (Å²) < 4.78 is 7.54. The minimum atomic E-state index is -0.381. The van der Waals surface area contributed by atoms with Gasteiger partial charge in [0.05, 0.1) is 12.8 Å². The molecule has 0 radical (unpaired) electrons. The van der Waals surface area contributed by atoms with Crippen LogP contribution in [-0.2, 0) is 4.79 Å². The summed E-state index contributed by atoms with van der Waals surface area (Å²) in [5.41, 5.74) is 0.670. The molecule has 19 heavy (non-hydrogen) atoms. The molecule has 2 rings (SSSR count). The Bertz CT molecular complexity index is 569. The molecule has 0 saturated heterocycles. The number of anilines is 1. The Morgan fingerprint density at radius 1 is 1.53 bits per heavy atom. The van der Waals surface area contributed by atoms with E-state index in [4.69, 9.17) is 4.74 Å². The van der Waals surface area contributed by atoms with E-state index in [0.29, 0.717) is 11.4 Å². The third-order valence-corrected chi connectivity index (χ3v) is 3.42. The van der Waals surface area contributed by atoms with Crippen LogP contribution < -0.4 is 10.1 Å². The predicted molar refractivity (Wildman–Crippen MR) is 76.3 cm³/mol. The molecule has 1 atom stereocenters. The summed E-state index contributed by atoms with van der Waals surface area (Å²) in [5.74, 6) is 0.544. The lowest BCUT2D eigenvalue weighted by atomic mass is 10.2. The van der Waals surface area contributed by atoms with E-state index in [-0.39, 0.29) is 11.9 Å². The summed E-state index contributed by atoms with van der Waals surface area (Å²) in [6.07, 6.45) is 3.40. The number of hydrogen-bond donors (Lipinski definition) is 1. The maximum Gasteiger partial charge on any atom is 0.248 e. The van der Waals surface area contributed by atoms with Gasteiger partial charge in [0.1, 0.15) is 11.8 Å². The van der Waals surface area contributed by atoms with Gasteiger partial charge in [-0.25, -0.2) is 0 Å². The number of halogens is 1. The molecule has 1 amide bonds. The quantitative estimate of drug-likeness (QED) is 0.941. The highest BCUT2D eigenvalue weighted by atomic mass is 79.9. The van der Waals surface area contributed by atoms with Crippen molar-refractivity contribution in [1.82, 2.24) is 9.78 Å². The molecule has 0 aliphatic rings. The normalized spacial score (nSPS) is 11.9. The number of rotatable bonds is 4. The fourth-order valence-corrected chi connectivity index (χ4v) is 1.94. The number of ether oxygens (including phenoxy) is 1. The number of carbonyl (C=O) groups is 1. The van der Waals surface area contributed by atoms with Crippen LogP contribution in [0.2, 0.25) is 0 Å². The molecule has 1 heterocycles. The van der Waals surface area contributed by atoms with Gasteiger partial charge in [-0.3, -0.25) is 9.48 Å². The molecule has 0 spiro atoms. The van der Waals surface area contributed by atoms with Gasteiger partial charge in [-0.2, -0.15) is 5.10 Å². The largest absolute Gasteiger partial charge is 0.497 e. The fraction of sp³-hybridized carbons (Fsp3) is 0.231. The van der Waals surface area contributed by atoms with Crippen LogP contribution in [0.15, 0.2) is 41.1 Å². The molecule has 1 aromatic carbocycles. The van der Waals surface area contributed by atoms with E-state index in [1.54, 1.807) is 43.2 Å². The smallest absolute Gasteiger partial charge is 0.248 e. The van der Waals surface area contributed by atoms with Gasteiger partial charge < -0.3 is 10.1 Å². The van der Waals surface area contributed by atoms with Gasteiger partial charge in [0.2, 0.25) is 5.91 Å². The van der Waals surface area contributed by atoms with Gasteiger partial charge in [-0.15, -0.1) is 0 Å². The molecule has 100 valence electrons. The molecule has 6 heteroatoms. The van der Waals surface area contributed by atoms with Crippen molar-refractivity contribution < 1.29 is 9.53 Å². The summed E-state index contributed by atoms with van der Waals surface area (Å²) in [4.78, 5) is 12.1. The molecule has 1 aromatic heterocycles. The summed E-state index contributed by atoms with van der Waals surface area (Å²) >= 11 is 3.39. The highest BCUT2D eigenvalue weighted by Gasteiger charge is 2.16. The van der Waals surface area contributed by atoms with E-state index in [2.05, 4.69) is 26.3 Å². The van der Waals surface area contributed by atoms with Gasteiger partial charge in [-0.05, 0) is 41.1 Å². The summed E-state index contributed by atoms with van der Waals surface area (Å²) in [7, 11) is 1.58. The number of hydrogen-bond acceptors (Lipinski definition) is 3. The van der Waals surface area contributed by atoms with Crippen LogP contribution in [0.25, 0.3) is 0 Å². The molecule has 1 unspecified atom stereocenters. The first kappa shape index (κ1) is 13.6. The number of carbonyl (C=O) groups excluding carboxylic acids is 1. The van der Waals surface area contributed by atoms with Crippen LogP contribution in [0.1, 0.15) is 13.0 Å². The molecule has 0 aliphatic heterocycles. The number of nitrogens with zero attached hydrogens (tertiary/aromatic N) is 2. The van der Waals surface area contributed by atoms with Crippen LogP contribution >= 0.6 is 15.9 Å². The van der Waals surface area contributed by atoms with Crippen molar-refractivity contribution in [3.8, 4) is 5.75 Å². The zero-order valence-corrected chi connectivity index (χ0v) is 12.2. The molecule has 2 aromatic rings. The number of methoxy groups -OCH3 is 1. The van der Waals surface area contributed by atoms with Crippen LogP contribution in [0, 0.1) is 0 Å². The average Bonchev–Trinajstić information content (AvgIpc) is 2.94. The van der Waals surface area contributed by atoms with Crippen molar-refractivity contribution in [3.05, 3.63) is 41.1 Å². The second kappa shape index (κ2) is 5.88. The average molecular weight is 324 g/mol. The lowest BCUT2D eigenvalue weighted by Crippen LogP contribution is -2.24. The maximum atomic E-state index is 12.1. The summed E-state index contributed by atoms with van der Waals surface area (Å²) in [5, 5.41) is 6.90. The predicted octanol–water partition coefficient (Wildman–Crippen LogP) is 2.85. The van der Waals surface area contributed by atoms with Crippen molar-refractivity contribution in [2.24, 2.45) is 0 Å². The van der Waals surface area contributed by atoms with E-state index >= 15 is 0 Å². The van der Waals surface area contributed by atoms with Crippen LogP contribution in [0.4, 0.5) is 5.69 Å². The summed E-state index contributed by atoms with van der Waals surface area (Å²) in [6, 6.07) is 6.81. The molecule has 5 nitrogen and oxygen atoms in total. The molecule has 0 fully saturated rings.